The van der Waals surface area contributed by atoms with Crippen LogP contribution in [0.5, 0.6) is 11.5 Å². The smallest absolute Gasteiger partial charge is 0.231 e. The summed E-state index contributed by atoms with van der Waals surface area (Å²) in [7, 11) is 1.60. The van der Waals surface area contributed by atoms with Gasteiger partial charge in [-0.3, -0.25) is 4.79 Å². The van der Waals surface area contributed by atoms with Gasteiger partial charge < -0.3 is 14.8 Å². The molecule has 0 radical (unpaired) electrons. The van der Waals surface area contributed by atoms with Crippen LogP contribution in [0, 0.1) is 11.7 Å². The summed E-state index contributed by atoms with van der Waals surface area (Å²) >= 11 is 0. The highest BCUT2D eigenvalue weighted by Gasteiger charge is 2.26. The quantitative estimate of drug-likeness (QED) is 0.948. The Morgan fingerprint density at radius 3 is 2.77 bits per heavy atom. The van der Waals surface area contributed by atoms with Gasteiger partial charge in [0.15, 0.2) is 0 Å². The molecule has 2 aromatic carbocycles. The Morgan fingerprint density at radius 1 is 1.27 bits per heavy atom. The van der Waals surface area contributed by atoms with E-state index < -0.39 is 0 Å². The Hall–Kier alpha value is -2.56. The van der Waals surface area contributed by atoms with Crippen LogP contribution in [0.3, 0.4) is 0 Å². The maximum atomic E-state index is 12.9. The van der Waals surface area contributed by atoms with E-state index in [2.05, 4.69) is 5.32 Å². The van der Waals surface area contributed by atoms with Crippen molar-refractivity contribution in [1.29, 1.82) is 0 Å². The topological polar surface area (TPSA) is 47.6 Å². The summed E-state index contributed by atoms with van der Waals surface area (Å²) in [6.07, 6.45) is 0.583. The van der Waals surface area contributed by atoms with E-state index in [4.69, 9.17) is 9.47 Å². The number of rotatable bonds is 3. The van der Waals surface area contributed by atoms with Crippen molar-refractivity contribution in [3.05, 3.63) is 53.8 Å². The van der Waals surface area contributed by atoms with Crippen molar-refractivity contribution < 1.29 is 18.7 Å². The van der Waals surface area contributed by atoms with Gasteiger partial charge in [-0.25, -0.2) is 4.39 Å². The van der Waals surface area contributed by atoms with Crippen LogP contribution in [-0.2, 0) is 11.2 Å². The molecule has 1 unspecified atom stereocenters. The fourth-order valence-electron chi connectivity index (χ4n) is 2.44. The molecule has 1 atom stereocenters. The number of fused-ring (bicyclic) bond motifs is 1. The number of amides is 1. The minimum Gasteiger partial charge on any atom is -0.497 e. The fraction of sp³-hybridized carbons (Fsp3) is 0.235. The highest BCUT2D eigenvalue weighted by molar-refractivity contribution is 5.93. The second-order valence-corrected chi connectivity index (χ2v) is 5.18. The van der Waals surface area contributed by atoms with Crippen LogP contribution in [-0.4, -0.2) is 19.6 Å². The van der Waals surface area contributed by atoms with E-state index in [1.807, 2.05) is 18.2 Å². The van der Waals surface area contributed by atoms with Gasteiger partial charge in [0.1, 0.15) is 23.9 Å². The molecule has 114 valence electrons. The number of hydrogen-bond donors (Lipinski definition) is 1. The van der Waals surface area contributed by atoms with E-state index in [-0.39, 0.29) is 17.6 Å². The van der Waals surface area contributed by atoms with Gasteiger partial charge in [-0.15, -0.1) is 0 Å². The van der Waals surface area contributed by atoms with Gasteiger partial charge in [-0.1, -0.05) is 0 Å². The zero-order chi connectivity index (χ0) is 15.5. The van der Waals surface area contributed by atoms with Crippen LogP contribution in [0.2, 0.25) is 0 Å². The molecule has 0 aliphatic carbocycles. The monoisotopic (exact) mass is 301 g/mol. The maximum Gasteiger partial charge on any atom is 0.231 e. The Bertz CT molecular complexity index is 685. The van der Waals surface area contributed by atoms with E-state index in [1.54, 1.807) is 7.11 Å². The third-order valence-corrected chi connectivity index (χ3v) is 3.66. The number of nitrogens with one attached hydrogen (secondary N) is 1. The lowest BCUT2D eigenvalue weighted by molar-refractivity contribution is -0.121. The van der Waals surface area contributed by atoms with Crippen LogP contribution in [0.1, 0.15) is 5.56 Å². The van der Waals surface area contributed by atoms with Crippen molar-refractivity contribution in [2.24, 2.45) is 5.92 Å². The van der Waals surface area contributed by atoms with Gasteiger partial charge in [0.2, 0.25) is 5.91 Å². The zero-order valence-corrected chi connectivity index (χ0v) is 12.1. The van der Waals surface area contributed by atoms with Crippen molar-refractivity contribution in [2.75, 3.05) is 19.0 Å². The molecule has 3 rings (SSSR count). The Labute approximate surface area is 127 Å². The predicted octanol–water partition coefficient (Wildman–Crippen LogP) is 3.02. The van der Waals surface area contributed by atoms with Crippen LogP contribution >= 0.6 is 0 Å². The first-order valence-corrected chi connectivity index (χ1v) is 7.02. The second kappa shape index (κ2) is 6.05. The molecule has 5 heteroatoms. The van der Waals surface area contributed by atoms with Crippen molar-refractivity contribution in [3.8, 4) is 11.5 Å². The van der Waals surface area contributed by atoms with E-state index in [1.165, 1.54) is 24.3 Å². The van der Waals surface area contributed by atoms with Crippen LogP contribution < -0.4 is 14.8 Å². The van der Waals surface area contributed by atoms with E-state index in [0.29, 0.717) is 18.7 Å². The number of methoxy groups -OCH3 is 1. The van der Waals surface area contributed by atoms with Crippen LogP contribution in [0.25, 0.3) is 0 Å². The van der Waals surface area contributed by atoms with Gasteiger partial charge in [0, 0.05) is 5.69 Å². The van der Waals surface area contributed by atoms with E-state index >= 15 is 0 Å². The first-order valence-electron chi connectivity index (χ1n) is 7.02. The number of halogens is 1. The molecule has 0 bridgehead atoms. The van der Waals surface area contributed by atoms with Crippen molar-refractivity contribution in [2.45, 2.75) is 6.42 Å². The molecule has 1 N–H and O–H groups in total. The summed E-state index contributed by atoms with van der Waals surface area (Å²) in [6, 6.07) is 11.3. The largest absolute Gasteiger partial charge is 0.497 e. The molecule has 0 aromatic heterocycles. The van der Waals surface area contributed by atoms with E-state index in [0.717, 1.165) is 17.1 Å². The van der Waals surface area contributed by atoms with Crippen molar-refractivity contribution >= 4 is 11.6 Å². The summed E-state index contributed by atoms with van der Waals surface area (Å²) < 4.78 is 23.7. The molecular weight excluding hydrogens is 285 g/mol. The van der Waals surface area contributed by atoms with Crippen molar-refractivity contribution in [3.63, 3.8) is 0 Å². The van der Waals surface area contributed by atoms with Gasteiger partial charge in [0.25, 0.3) is 0 Å². The Morgan fingerprint density at radius 2 is 2.05 bits per heavy atom. The lowest BCUT2D eigenvalue weighted by Crippen LogP contribution is -2.32. The molecule has 4 nitrogen and oxygen atoms in total. The standard InChI is InChI=1S/C17H16FNO3/c1-21-15-6-7-16-11(9-15)8-12(10-22-16)17(20)19-14-4-2-13(18)3-5-14/h2-7,9,12H,8,10H2,1H3,(H,19,20). The highest BCUT2D eigenvalue weighted by atomic mass is 19.1. The first kappa shape index (κ1) is 14.4. The number of ether oxygens (including phenoxy) is 2. The molecule has 1 aliphatic heterocycles. The Kier molecular flexibility index (Phi) is 3.96. The summed E-state index contributed by atoms with van der Waals surface area (Å²) in [5, 5.41) is 2.78. The normalized spacial score (nSPS) is 16.4. The number of hydrogen-bond acceptors (Lipinski definition) is 3. The van der Waals surface area contributed by atoms with Crippen molar-refractivity contribution in [1.82, 2.24) is 0 Å². The van der Waals surface area contributed by atoms with Gasteiger partial charge in [-0.05, 0) is 54.4 Å². The van der Waals surface area contributed by atoms with Crippen LogP contribution in [0.15, 0.2) is 42.5 Å². The first-order chi connectivity index (χ1) is 10.7. The molecule has 1 heterocycles. The molecule has 0 fully saturated rings. The molecule has 0 spiro atoms. The lowest BCUT2D eigenvalue weighted by Gasteiger charge is -2.25. The number of carbonyl (C=O) groups excluding carboxylic acids is 1. The number of anilines is 1. The molecule has 1 aliphatic rings. The minimum absolute atomic E-state index is 0.139. The predicted molar refractivity (Wildman–Crippen MR) is 80.7 cm³/mol. The zero-order valence-electron chi connectivity index (χ0n) is 12.1. The highest BCUT2D eigenvalue weighted by Crippen LogP contribution is 2.31. The average molecular weight is 301 g/mol. The average Bonchev–Trinajstić information content (AvgIpc) is 2.55. The molecule has 0 saturated heterocycles. The Balaban J connectivity index is 1.70. The van der Waals surface area contributed by atoms with Gasteiger partial charge >= 0.3 is 0 Å². The summed E-state index contributed by atoms with van der Waals surface area (Å²) in [5.41, 5.74) is 1.52. The molecule has 2 aromatic rings. The summed E-state index contributed by atoms with van der Waals surface area (Å²) in [4.78, 5) is 12.3. The minimum atomic E-state index is -0.333. The van der Waals surface area contributed by atoms with E-state index in [9.17, 15) is 9.18 Å². The SMILES string of the molecule is COc1ccc2c(c1)CC(C(=O)Nc1ccc(F)cc1)CO2. The second-order valence-electron chi connectivity index (χ2n) is 5.18. The maximum absolute atomic E-state index is 12.9. The number of carbonyl (C=O) groups is 1. The van der Waals surface area contributed by atoms with Gasteiger partial charge in [0.05, 0.1) is 13.0 Å². The van der Waals surface area contributed by atoms with Gasteiger partial charge in [-0.2, -0.15) is 0 Å². The fourth-order valence-corrected chi connectivity index (χ4v) is 2.44. The molecular formula is C17H16FNO3. The summed E-state index contributed by atoms with van der Waals surface area (Å²) in [5.74, 6) is 0.762. The molecule has 0 saturated carbocycles. The summed E-state index contributed by atoms with van der Waals surface area (Å²) in [6.45, 7) is 0.326. The lowest BCUT2D eigenvalue weighted by atomic mass is 9.95. The number of benzene rings is 2. The molecule has 22 heavy (non-hydrogen) atoms. The third-order valence-electron chi connectivity index (χ3n) is 3.66. The molecule has 1 amide bonds. The van der Waals surface area contributed by atoms with Crippen LogP contribution in [0.4, 0.5) is 10.1 Å². The third kappa shape index (κ3) is 3.03.